The van der Waals surface area contributed by atoms with Gasteiger partial charge in [-0.15, -0.1) is 0 Å². The van der Waals surface area contributed by atoms with E-state index in [1.807, 2.05) is 37.3 Å². The molecule has 0 saturated heterocycles. The Hall–Kier alpha value is -1.94. The summed E-state index contributed by atoms with van der Waals surface area (Å²) in [7, 11) is 0. The molecule has 0 atom stereocenters. The maximum atomic E-state index is 12.0. The summed E-state index contributed by atoms with van der Waals surface area (Å²) in [6, 6.07) is 9.68. The summed E-state index contributed by atoms with van der Waals surface area (Å²) in [5.41, 5.74) is 6.91. The number of carbonyl (C=O) groups excluding carboxylic acids is 1. The minimum absolute atomic E-state index is 0.0724. The molecule has 0 unspecified atom stereocenters. The minimum Gasteiger partial charge on any atom is -0.329 e. The van der Waals surface area contributed by atoms with Gasteiger partial charge in [0, 0.05) is 13.1 Å². The normalized spacial score (nSPS) is 17.8. The Labute approximate surface area is 100 Å². The zero-order chi connectivity index (χ0) is 12.3. The molecule has 0 radical (unpaired) electrons. The molecule has 4 heteroatoms. The van der Waals surface area contributed by atoms with Gasteiger partial charge in [-0.3, -0.25) is 9.69 Å². The van der Waals surface area contributed by atoms with Crippen molar-refractivity contribution in [2.75, 3.05) is 13.1 Å². The number of benzene rings is 1. The Kier molecular flexibility index (Phi) is 3.35. The van der Waals surface area contributed by atoms with Crippen LogP contribution in [0, 0.1) is 0 Å². The predicted octanol–water partition coefficient (Wildman–Crippen LogP) is 1.25. The minimum atomic E-state index is -0.0724. The van der Waals surface area contributed by atoms with Gasteiger partial charge in [0.2, 0.25) is 0 Å². The van der Waals surface area contributed by atoms with Crippen molar-refractivity contribution in [3.63, 3.8) is 0 Å². The van der Waals surface area contributed by atoms with E-state index in [1.54, 1.807) is 11.0 Å². The number of rotatable bonds is 3. The van der Waals surface area contributed by atoms with E-state index >= 15 is 0 Å². The van der Waals surface area contributed by atoms with Crippen LogP contribution in [0.2, 0.25) is 0 Å². The van der Waals surface area contributed by atoms with Gasteiger partial charge in [-0.25, -0.2) is 4.99 Å². The standard InChI is InChI=1S/C13H15N3O/c1-10-15-12(13(17)16(10)8-7-14)9-11-5-3-2-4-6-11/h2-6,9H,7-8,14H2,1H3/b12-9-. The maximum absolute atomic E-state index is 12.0. The molecule has 1 amide bonds. The lowest BCUT2D eigenvalue weighted by Crippen LogP contribution is -2.34. The molecule has 1 aromatic rings. The molecular formula is C13H15N3O. The SMILES string of the molecule is CC1=N/C(=C\c2ccccc2)C(=O)N1CCN. The monoisotopic (exact) mass is 229 g/mol. The van der Waals surface area contributed by atoms with Crippen molar-refractivity contribution >= 4 is 17.8 Å². The van der Waals surface area contributed by atoms with Crippen LogP contribution in [0.5, 0.6) is 0 Å². The summed E-state index contributed by atoms with van der Waals surface area (Å²) in [6.45, 7) is 2.77. The molecule has 1 aromatic carbocycles. The number of nitrogens with two attached hydrogens (primary N) is 1. The lowest BCUT2D eigenvalue weighted by atomic mass is 10.2. The second kappa shape index (κ2) is 4.93. The fraction of sp³-hybridized carbons (Fsp3) is 0.231. The number of aliphatic imine (C=N–C) groups is 1. The lowest BCUT2D eigenvalue weighted by Gasteiger charge is -2.13. The number of hydrogen-bond acceptors (Lipinski definition) is 3. The van der Waals surface area contributed by atoms with Crippen molar-refractivity contribution in [3.8, 4) is 0 Å². The van der Waals surface area contributed by atoms with E-state index in [0.717, 1.165) is 5.56 Å². The van der Waals surface area contributed by atoms with Crippen molar-refractivity contribution in [2.45, 2.75) is 6.92 Å². The summed E-state index contributed by atoms with van der Waals surface area (Å²) in [6.07, 6.45) is 1.79. The zero-order valence-corrected chi connectivity index (χ0v) is 9.76. The third kappa shape index (κ3) is 2.42. The van der Waals surface area contributed by atoms with Gasteiger partial charge in [0.05, 0.1) is 0 Å². The summed E-state index contributed by atoms with van der Waals surface area (Å²) < 4.78 is 0. The first kappa shape index (κ1) is 11.5. The van der Waals surface area contributed by atoms with Crippen LogP contribution >= 0.6 is 0 Å². The summed E-state index contributed by atoms with van der Waals surface area (Å²) >= 11 is 0. The molecule has 0 fully saturated rings. The van der Waals surface area contributed by atoms with Crippen molar-refractivity contribution in [2.24, 2.45) is 10.7 Å². The molecule has 1 aliphatic heterocycles. The van der Waals surface area contributed by atoms with Crippen molar-refractivity contribution < 1.29 is 4.79 Å². The van der Waals surface area contributed by atoms with Crippen LogP contribution in [0.15, 0.2) is 41.0 Å². The first-order valence-corrected chi connectivity index (χ1v) is 5.56. The summed E-state index contributed by atoms with van der Waals surface area (Å²) in [4.78, 5) is 17.9. The van der Waals surface area contributed by atoms with Crippen LogP contribution in [0.25, 0.3) is 6.08 Å². The van der Waals surface area contributed by atoms with Crippen molar-refractivity contribution in [1.29, 1.82) is 0 Å². The molecule has 1 aliphatic rings. The van der Waals surface area contributed by atoms with Crippen LogP contribution in [0.4, 0.5) is 0 Å². The Morgan fingerprint density at radius 2 is 2.06 bits per heavy atom. The first-order chi connectivity index (χ1) is 8.22. The van der Waals surface area contributed by atoms with E-state index in [1.165, 1.54) is 0 Å². The molecule has 2 N–H and O–H groups in total. The highest BCUT2D eigenvalue weighted by Crippen LogP contribution is 2.17. The largest absolute Gasteiger partial charge is 0.329 e. The fourth-order valence-electron chi connectivity index (χ4n) is 1.76. The molecule has 17 heavy (non-hydrogen) atoms. The zero-order valence-electron chi connectivity index (χ0n) is 9.76. The fourth-order valence-corrected chi connectivity index (χ4v) is 1.76. The summed E-state index contributed by atoms with van der Waals surface area (Å²) in [5, 5.41) is 0. The molecule has 0 spiro atoms. The molecule has 0 bridgehead atoms. The third-order valence-electron chi connectivity index (χ3n) is 2.59. The number of amidine groups is 1. The van der Waals surface area contributed by atoms with Gasteiger partial charge in [-0.05, 0) is 18.6 Å². The van der Waals surface area contributed by atoms with E-state index in [0.29, 0.717) is 24.6 Å². The van der Waals surface area contributed by atoms with Gasteiger partial charge in [0.15, 0.2) is 0 Å². The highest BCUT2D eigenvalue weighted by Gasteiger charge is 2.26. The predicted molar refractivity (Wildman–Crippen MR) is 68.3 cm³/mol. The van der Waals surface area contributed by atoms with E-state index in [2.05, 4.69) is 4.99 Å². The van der Waals surface area contributed by atoms with Gasteiger partial charge < -0.3 is 5.73 Å². The topological polar surface area (TPSA) is 58.7 Å². The van der Waals surface area contributed by atoms with Crippen molar-refractivity contribution in [3.05, 3.63) is 41.6 Å². The van der Waals surface area contributed by atoms with Crippen molar-refractivity contribution in [1.82, 2.24) is 4.90 Å². The maximum Gasteiger partial charge on any atom is 0.277 e. The Balaban J connectivity index is 2.25. The number of amides is 1. The molecule has 88 valence electrons. The second-order valence-electron chi connectivity index (χ2n) is 3.84. The van der Waals surface area contributed by atoms with Gasteiger partial charge in [0.25, 0.3) is 5.91 Å². The quantitative estimate of drug-likeness (QED) is 0.793. The smallest absolute Gasteiger partial charge is 0.277 e. The molecule has 0 aliphatic carbocycles. The van der Waals surface area contributed by atoms with E-state index < -0.39 is 0 Å². The molecule has 2 rings (SSSR count). The van der Waals surface area contributed by atoms with Gasteiger partial charge in [-0.1, -0.05) is 30.3 Å². The highest BCUT2D eigenvalue weighted by atomic mass is 16.2. The average molecular weight is 229 g/mol. The van der Waals surface area contributed by atoms with Gasteiger partial charge in [-0.2, -0.15) is 0 Å². The van der Waals surface area contributed by atoms with Crippen LogP contribution in [0.1, 0.15) is 12.5 Å². The average Bonchev–Trinajstić information content (AvgIpc) is 2.59. The lowest BCUT2D eigenvalue weighted by molar-refractivity contribution is -0.122. The Bertz CT molecular complexity index is 477. The summed E-state index contributed by atoms with van der Waals surface area (Å²) in [5.74, 6) is 0.638. The van der Waals surface area contributed by atoms with Gasteiger partial charge in [0.1, 0.15) is 11.5 Å². The highest BCUT2D eigenvalue weighted by molar-refractivity contribution is 6.13. The molecule has 0 saturated carbocycles. The number of hydrogen-bond donors (Lipinski definition) is 1. The van der Waals surface area contributed by atoms with Crippen LogP contribution in [-0.2, 0) is 4.79 Å². The van der Waals surface area contributed by atoms with Crippen LogP contribution in [0.3, 0.4) is 0 Å². The molecule has 1 heterocycles. The third-order valence-corrected chi connectivity index (χ3v) is 2.59. The Morgan fingerprint density at radius 1 is 1.35 bits per heavy atom. The Morgan fingerprint density at radius 3 is 2.71 bits per heavy atom. The van der Waals surface area contributed by atoms with Crippen LogP contribution < -0.4 is 5.73 Å². The number of nitrogens with zero attached hydrogens (tertiary/aromatic N) is 2. The van der Waals surface area contributed by atoms with E-state index in [-0.39, 0.29) is 5.91 Å². The van der Waals surface area contributed by atoms with E-state index in [9.17, 15) is 4.79 Å². The molecular weight excluding hydrogens is 214 g/mol. The first-order valence-electron chi connectivity index (χ1n) is 5.56. The van der Waals surface area contributed by atoms with Gasteiger partial charge >= 0.3 is 0 Å². The number of carbonyl (C=O) groups is 1. The van der Waals surface area contributed by atoms with E-state index in [4.69, 9.17) is 5.73 Å². The molecule has 4 nitrogen and oxygen atoms in total. The second-order valence-corrected chi connectivity index (χ2v) is 3.84. The molecule has 0 aromatic heterocycles. The van der Waals surface area contributed by atoms with Crippen LogP contribution in [-0.4, -0.2) is 29.7 Å².